The van der Waals surface area contributed by atoms with E-state index in [0.29, 0.717) is 43.6 Å². The van der Waals surface area contributed by atoms with Crippen LogP contribution in [0.1, 0.15) is 60.5 Å². The number of amides is 1. The summed E-state index contributed by atoms with van der Waals surface area (Å²) < 4.78 is 0. The van der Waals surface area contributed by atoms with Gasteiger partial charge in [0.2, 0.25) is 0 Å². The molecule has 5 nitrogen and oxygen atoms in total. The molecule has 3 aliphatic rings. The first-order valence-corrected chi connectivity index (χ1v) is 8.86. The molecule has 1 amide bonds. The Bertz CT molecular complexity index is 718. The molecule has 0 saturated heterocycles. The summed E-state index contributed by atoms with van der Waals surface area (Å²) in [5.41, 5.74) is 5.52. The van der Waals surface area contributed by atoms with Crippen molar-refractivity contribution in [3.63, 3.8) is 0 Å². The third kappa shape index (κ3) is 1.80. The number of benzene rings is 1. The van der Waals surface area contributed by atoms with E-state index >= 15 is 0 Å². The van der Waals surface area contributed by atoms with Gasteiger partial charge in [0, 0.05) is 11.0 Å². The van der Waals surface area contributed by atoms with Crippen LogP contribution in [0.3, 0.4) is 0 Å². The summed E-state index contributed by atoms with van der Waals surface area (Å²) in [6.07, 6.45) is 3.38. The molecule has 130 valence electrons. The van der Waals surface area contributed by atoms with Crippen molar-refractivity contribution in [3.8, 4) is 5.75 Å². The van der Waals surface area contributed by atoms with Crippen LogP contribution in [-0.2, 0) is 11.8 Å². The molecule has 2 bridgehead atoms. The highest BCUT2D eigenvalue weighted by molar-refractivity contribution is 5.96. The van der Waals surface area contributed by atoms with Gasteiger partial charge in [-0.05, 0) is 62.0 Å². The van der Waals surface area contributed by atoms with E-state index in [-0.39, 0.29) is 17.2 Å². The van der Waals surface area contributed by atoms with Gasteiger partial charge >= 0.3 is 0 Å². The topological polar surface area (TPSA) is 104 Å². The number of phenols is 1. The molecule has 1 aromatic carbocycles. The van der Waals surface area contributed by atoms with Gasteiger partial charge in [-0.1, -0.05) is 13.0 Å². The zero-order valence-electron chi connectivity index (χ0n) is 14.0. The van der Waals surface area contributed by atoms with Gasteiger partial charge in [0.05, 0.1) is 17.3 Å². The molecule has 0 heterocycles. The number of nitrogens with two attached hydrogens (primary N) is 1. The molecule has 2 saturated carbocycles. The maximum absolute atomic E-state index is 11.7. The minimum atomic E-state index is -0.940. The Morgan fingerprint density at radius 3 is 2.75 bits per heavy atom. The fraction of sp³-hybridized carbons (Fsp3) is 0.632. The minimum Gasteiger partial charge on any atom is -0.507 e. The summed E-state index contributed by atoms with van der Waals surface area (Å²) in [6, 6.07) is 3.44. The van der Waals surface area contributed by atoms with Crippen LogP contribution in [0, 0.1) is 11.8 Å². The number of aliphatic hydroxyl groups excluding tert-OH is 1. The molecule has 0 aromatic heterocycles. The average molecular weight is 331 g/mol. The number of primary amides is 1. The monoisotopic (exact) mass is 331 g/mol. The highest BCUT2D eigenvalue weighted by atomic mass is 16.3. The van der Waals surface area contributed by atoms with E-state index in [2.05, 4.69) is 6.92 Å². The molecule has 5 unspecified atom stereocenters. The zero-order chi connectivity index (χ0) is 17.3. The molecule has 5 heteroatoms. The van der Waals surface area contributed by atoms with Gasteiger partial charge in [-0.25, -0.2) is 0 Å². The number of aromatic hydroxyl groups is 1. The fourth-order valence-corrected chi connectivity index (χ4v) is 5.90. The number of fused-ring (bicyclic) bond motifs is 1. The normalized spacial score (nSPS) is 40.5. The first kappa shape index (κ1) is 15.9. The highest BCUT2D eigenvalue weighted by Crippen LogP contribution is 2.64. The van der Waals surface area contributed by atoms with Crippen molar-refractivity contribution in [2.75, 3.05) is 0 Å². The number of carbonyl (C=O) groups is 1. The number of aliphatic hydroxyl groups is 2. The number of carbonyl (C=O) groups excluding carboxylic acids is 1. The van der Waals surface area contributed by atoms with E-state index in [1.165, 1.54) is 0 Å². The smallest absolute Gasteiger partial charge is 0.252 e. The lowest BCUT2D eigenvalue weighted by atomic mass is 9.44. The molecular weight excluding hydrogens is 306 g/mol. The Balaban J connectivity index is 2.00. The molecule has 2 fully saturated rings. The van der Waals surface area contributed by atoms with Gasteiger partial charge in [0.1, 0.15) is 5.75 Å². The third-order valence-corrected chi connectivity index (χ3v) is 7.05. The first-order chi connectivity index (χ1) is 11.3. The molecule has 5 atom stereocenters. The summed E-state index contributed by atoms with van der Waals surface area (Å²) in [5, 5.41) is 32.9. The van der Waals surface area contributed by atoms with Gasteiger partial charge < -0.3 is 21.1 Å². The summed E-state index contributed by atoms with van der Waals surface area (Å²) >= 11 is 0. The predicted octanol–water partition coefficient (Wildman–Crippen LogP) is 1.61. The maximum atomic E-state index is 11.7. The zero-order valence-corrected chi connectivity index (χ0v) is 14.0. The summed E-state index contributed by atoms with van der Waals surface area (Å²) in [7, 11) is 0. The van der Waals surface area contributed by atoms with Crippen LogP contribution in [0.25, 0.3) is 0 Å². The van der Waals surface area contributed by atoms with Crippen LogP contribution in [0.5, 0.6) is 5.75 Å². The molecule has 0 spiro atoms. The molecule has 0 radical (unpaired) electrons. The summed E-state index contributed by atoms with van der Waals surface area (Å²) in [6.45, 7) is 2.18. The second-order valence-electron chi connectivity index (χ2n) is 8.09. The SMILES string of the molecule is CC1CCC23CC(O)CCC2(O)C1Cc1ccc(C(N)=O)c(O)c13. The lowest BCUT2D eigenvalue weighted by Gasteiger charge is -2.63. The van der Waals surface area contributed by atoms with Crippen molar-refractivity contribution >= 4 is 5.91 Å². The van der Waals surface area contributed by atoms with E-state index in [4.69, 9.17) is 5.73 Å². The quantitative estimate of drug-likeness (QED) is 0.627. The third-order valence-electron chi connectivity index (χ3n) is 7.05. The Hall–Kier alpha value is -1.59. The van der Waals surface area contributed by atoms with Crippen LogP contribution >= 0.6 is 0 Å². The van der Waals surface area contributed by atoms with Crippen LogP contribution in [0.2, 0.25) is 0 Å². The minimum absolute atomic E-state index is 0.0967. The first-order valence-electron chi connectivity index (χ1n) is 8.86. The van der Waals surface area contributed by atoms with Crippen LogP contribution < -0.4 is 5.73 Å². The number of hydrogen-bond acceptors (Lipinski definition) is 4. The van der Waals surface area contributed by atoms with E-state index in [9.17, 15) is 20.1 Å². The van der Waals surface area contributed by atoms with Crippen LogP contribution in [-0.4, -0.2) is 32.9 Å². The highest BCUT2D eigenvalue weighted by Gasteiger charge is 2.64. The van der Waals surface area contributed by atoms with Gasteiger partial charge in [-0.3, -0.25) is 4.79 Å². The number of rotatable bonds is 1. The van der Waals surface area contributed by atoms with Crippen molar-refractivity contribution < 1.29 is 20.1 Å². The molecule has 5 N–H and O–H groups in total. The summed E-state index contributed by atoms with van der Waals surface area (Å²) in [5.74, 6) is -0.256. The second kappa shape index (κ2) is 4.96. The maximum Gasteiger partial charge on any atom is 0.252 e. The molecule has 0 aliphatic heterocycles. The van der Waals surface area contributed by atoms with Gasteiger partial charge in [0.25, 0.3) is 5.91 Å². The van der Waals surface area contributed by atoms with E-state index in [1.54, 1.807) is 6.07 Å². The Morgan fingerprint density at radius 2 is 2.04 bits per heavy atom. The van der Waals surface area contributed by atoms with Crippen LogP contribution in [0.4, 0.5) is 0 Å². The molecule has 4 rings (SSSR count). The molecule has 24 heavy (non-hydrogen) atoms. The van der Waals surface area contributed by atoms with E-state index in [0.717, 1.165) is 12.0 Å². The van der Waals surface area contributed by atoms with Crippen molar-refractivity contribution in [3.05, 3.63) is 28.8 Å². The van der Waals surface area contributed by atoms with Gasteiger partial charge in [-0.15, -0.1) is 0 Å². The Morgan fingerprint density at radius 1 is 1.29 bits per heavy atom. The van der Waals surface area contributed by atoms with Crippen molar-refractivity contribution in [2.24, 2.45) is 17.6 Å². The fourth-order valence-electron chi connectivity index (χ4n) is 5.90. The lowest BCUT2D eigenvalue weighted by Crippen LogP contribution is -2.67. The van der Waals surface area contributed by atoms with E-state index < -0.39 is 23.0 Å². The molecule has 3 aliphatic carbocycles. The number of hydrogen-bond donors (Lipinski definition) is 4. The molecule has 1 aromatic rings. The molecular formula is C19H25NO4. The van der Waals surface area contributed by atoms with Gasteiger partial charge in [0.15, 0.2) is 0 Å². The predicted molar refractivity (Wildman–Crippen MR) is 88.7 cm³/mol. The van der Waals surface area contributed by atoms with E-state index in [1.807, 2.05) is 6.07 Å². The van der Waals surface area contributed by atoms with Crippen molar-refractivity contribution in [1.29, 1.82) is 0 Å². The average Bonchev–Trinajstić information content (AvgIpc) is 2.51. The Labute approximate surface area is 141 Å². The largest absolute Gasteiger partial charge is 0.507 e. The Kier molecular flexibility index (Phi) is 3.29. The van der Waals surface area contributed by atoms with Crippen molar-refractivity contribution in [2.45, 2.75) is 62.6 Å². The second-order valence-corrected chi connectivity index (χ2v) is 8.09. The van der Waals surface area contributed by atoms with Crippen LogP contribution in [0.15, 0.2) is 12.1 Å². The lowest BCUT2D eigenvalue weighted by molar-refractivity contribution is -0.179. The summed E-state index contributed by atoms with van der Waals surface area (Å²) in [4.78, 5) is 11.7. The van der Waals surface area contributed by atoms with Crippen molar-refractivity contribution in [1.82, 2.24) is 0 Å². The standard InChI is InChI=1S/C19H25NO4/c1-10-4-6-18-9-12(21)5-7-19(18,24)14(10)8-11-2-3-13(17(20)23)16(22)15(11)18/h2-3,10,12,14,21-22,24H,4-9H2,1H3,(H2,20,23). The van der Waals surface area contributed by atoms with Gasteiger partial charge in [-0.2, -0.15) is 0 Å².